The van der Waals surface area contributed by atoms with Crippen LogP contribution in [0.4, 0.5) is 5.82 Å². The molecule has 0 aromatic carbocycles. The molecule has 80 valence electrons. The monoisotopic (exact) mass is 206 g/mol. The van der Waals surface area contributed by atoms with Crippen molar-refractivity contribution in [3.05, 3.63) is 12.3 Å². The molecule has 0 aliphatic heterocycles. The summed E-state index contributed by atoms with van der Waals surface area (Å²) in [6, 6.07) is 1.65. The maximum Gasteiger partial charge on any atom is 0.241 e. The molecule has 15 heavy (non-hydrogen) atoms. The van der Waals surface area contributed by atoms with Gasteiger partial charge in [-0.3, -0.25) is 9.48 Å². The Hall–Kier alpha value is -1.96. The zero-order valence-electron chi connectivity index (χ0n) is 8.66. The molecule has 0 bridgehead atoms. The largest absolute Gasteiger partial charge is 0.382 e. The molecule has 0 fully saturated rings. The number of anilines is 1. The smallest absolute Gasteiger partial charge is 0.241 e. The fourth-order valence-electron chi connectivity index (χ4n) is 1.06. The summed E-state index contributed by atoms with van der Waals surface area (Å²) in [5.41, 5.74) is 5.41. The van der Waals surface area contributed by atoms with Gasteiger partial charge in [-0.05, 0) is 13.0 Å². The minimum atomic E-state index is -0.0870. The van der Waals surface area contributed by atoms with Gasteiger partial charge in [-0.15, -0.1) is 11.8 Å². The summed E-state index contributed by atoms with van der Waals surface area (Å²) in [7, 11) is 0. The van der Waals surface area contributed by atoms with Gasteiger partial charge in [0.2, 0.25) is 5.91 Å². The van der Waals surface area contributed by atoms with Crippen LogP contribution in [0.25, 0.3) is 0 Å². The van der Waals surface area contributed by atoms with Crippen molar-refractivity contribution in [2.45, 2.75) is 19.9 Å². The van der Waals surface area contributed by atoms with Gasteiger partial charge in [-0.25, -0.2) is 0 Å². The van der Waals surface area contributed by atoms with Crippen LogP contribution >= 0.6 is 0 Å². The highest BCUT2D eigenvalue weighted by Crippen LogP contribution is 1.94. The van der Waals surface area contributed by atoms with E-state index in [0.29, 0.717) is 18.8 Å². The van der Waals surface area contributed by atoms with Crippen molar-refractivity contribution in [2.24, 2.45) is 0 Å². The Morgan fingerprint density at radius 1 is 1.73 bits per heavy atom. The molecule has 1 amide bonds. The molecule has 1 aromatic rings. The van der Waals surface area contributed by atoms with E-state index in [-0.39, 0.29) is 12.5 Å². The number of carbonyl (C=O) groups is 1. The number of carbonyl (C=O) groups excluding carboxylic acids is 1. The number of amides is 1. The third-order valence-electron chi connectivity index (χ3n) is 1.72. The van der Waals surface area contributed by atoms with Crippen LogP contribution in [-0.4, -0.2) is 22.2 Å². The van der Waals surface area contributed by atoms with E-state index >= 15 is 0 Å². The molecule has 0 saturated heterocycles. The quantitative estimate of drug-likeness (QED) is 0.537. The van der Waals surface area contributed by atoms with Crippen LogP contribution in [0.1, 0.15) is 13.3 Å². The van der Waals surface area contributed by atoms with Crippen LogP contribution in [0.2, 0.25) is 0 Å². The van der Waals surface area contributed by atoms with Gasteiger partial charge in [0.1, 0.15) is 12.4 Å². The highest BCUT2D eigenvalue weighted by atomic mass is 16.2. The first kappa shape index (κ1) is 11.1. The number of nitrogen functional groups attached to an aromatic ring is 1. The van der Waals surface area contributed by atoms with Gasteiger partial charge in [-0.1, -0.05) is 0 Å². The number of rotatable bonds is 4. The molecule has 1 rings (SSSR count). The molecule has 0 unspecified atom stereocenters. The average molecular weight is 206 g/mol. The van der Waals surface area contributed by atoms with Gasteiger partial charge < -0.3 is 11.1 Å². The van der Waals surface area contributed by atoms with Crippen molar-refractivity contribution in [2.75, 3.05) is 12.3 Å². The molecular formula is C10H14N4O. The molecule has 0 radical (unpaired) electrons. The average Bonchev–Trinajstić information content (AvgIpc) is 2.59. The lowest BCUT2D eigenvalue weighted by Gasteiger charge is -2.02. The van der Waals surface area contributed by atoms with Gasteiger partial charge in [0.05, 0.1) is 0 Å². The van der Waals surface area contributed by atoms with Crippen molar-refractivity contribution in [3.63, 3.8) is 0 Å². The Balaban J connectivity index is 2.26. The van der Waals surface area contributed by atoms with Crippen LogP contribution in [0.3, 0.4) is 0 Å². The van der Waals surface area contributed by atoms with E-state index in [2.05, 4.69) is 22.3 Å². The summed E-state index contributed by atoms with van der Waals surface area (Å²) in [5, 5.41) is 6.63. The van der Waals surface area contributed by atoms with E-state index in [9.17, 15) is 4.79 Å². The lowest BCUT2D eigenvalue weighted by atomic mass is 10.4. The zero-order chi connectivity index (χ0) is 11.1. The lowest BCUT2D eigenvalue weighted by molar-refractivity contribution is -0.121. The molecule has 5 nitrogen and oxygen atoms in total. The van der Waals surface area contributed by atoms with Crippen molar-refractivity contribution in [1.29, 1.82) is 0 Å². The summed E-state index contributed by atoms with van der Waals surface area (Å²) in [6.45, 7) is 2.53. The number of hydrogen-bond donors (Lipinski definition) is 2. The highest BCUT2D eigenvalue weighted by Gasteiger charge is 2.02. The van der Waals surface area contributed by atoms with Crippen molar-refractivity contribution >= 4 is 11.7 Å². The molecule has 0 spiro atoms. The number of nitrogens with one attached hydrogen (secondary N) is 1. The van der Waals surface area contributed by atoms with E-state index < -0.39 is 0 Å². The van der Waals surface area contributed by atoms with E-state index in [1.165, 1.54) is 4.68 Å². The Morgan fingerprint density at radius 3 is 3.13 bits per heavy atom. The molecule has 0 saturated carbocycles. The maximum atomic E-state index is 11.3. The van der Waals surface area contributed by atoms with Gasteiger partial charge in [0, 0.05) is 19.2 Å². The van der Waals surface area contributed by atoms with E-state index in [1.54, 1.807) is 19.2 Å². The predicted octanol–water partition coefficient (Wildman–Crippen LogP) is -0.00510. The summed E-state index contributed by atoms with van der Waals surface area (Å²) in [5.74, 6) is 5.95. The fraction of sp³-hybridized carbons (Fsp3) is 0.400. The van der Waals surface area contributed by atoms with E-state index in [4.69, 9.17) is 5.73 Å². The number of hydrogen-bond acceptors (Lipinski definition) is 3. The van der Waals surface area contributed by atoms with Crippen LogP contribution < -0.4 is 11.1 Å². The Morgan fingerprint density at radius 2 is 2.53 bits per heavy atom. The Labute approximate surface area is 88.6 Å². The van der Waals surface area contributed by atoms with E-state index in [1.807, 2.05) is 0 Å². The highest BCUT2D eigenvalue weighted by molar-refractivity contribution is 5.75. The maximum absolute atomic E-state index is 11.3. The number of nitrogens with zero attached hydrogens (tertiary/aromatic N) is 2. The second-order valence-electron chi connectivity index (χ2n) is 2.96. The third kappa shape index (κ3) is 4.18. The van der Waals surface area contributed by atoms with Crippen LogP contribution in [0.15, 0.2) is 12.3 Å². The zero-order valence-corrected chi connectivity index (χ0v) is 8.66. The molecule has 5 heteroatoms. The van der Waals surface area contributed by atoms with Crippen LogP contribution in [0, 0.1) is 11.8 Å². The van der Waals surface area contributed by atoms with Crippen molar-refractivity contribution in [3.8, 4) is 11.8 Å². The first-order chi connectivity index (χ1) is 7.22. The first-order valence-electron chi connectivity index (χ1n) is 4.67. The minimum absolute atomic E-state index is 0.0870. The van der Waals surface area contributed by atoms with Crippen molar-refractivity contribution in [1.82, 2.24) is 15.1 Å². The van der Waals surface area contributed by atoms with E-state index in [0.717, 1.165) is 0 Å². The van der Waals surface area contributed by atoms with Crippen molar-refractivity contribution < 1.29 is 4.79 Å². The van der Waals surface area contributed by atoms with Crippen LogP contribution in [-0.2, 0) is 11.3 Å². The Bertz CT molecular complexity index is 386. The second kappa shape index (κ2) is 5.70. The van der Waals surface area contributed by atoms with Crippen LogP contribution in [0.5, 0.6) is 0 Å². The second-order valence-corrected chi connectivity index (χ2v) is 2.96. The molecule has 3 N–H and O–H groups in total. The minimum Gasteiger partial charge on any atom is -0.382 e. The molecule has 0 aliphatic rings. The molecular weight excluding hydrogens is 192 g/mol. The summed E-state index contributed by atoms with van der Waals surface area (Å²) >= 11 is 0. The summed E-state index contributed by atoms with van der Waals surface area (Å²) in [4.78, 5) is 11.3. The number of nitrogens with two attached hydrogens (primary N) is 1. The van der Waals surface area contributed by atoms with Gasteiger partial charge in [0.15, 0.2) is 0 Å². The van der Waals surface area contributed by atoms with Gasteiger partial charge in [0.25, 0.3) is 0 Å². The molecule has 0 atom stereocenters. The lowest BCUT2D eigenvalue weighted by Crippen LogP contribution is -2.28. The summed E-state index contributed by atoms with van der Waals surface area (Å²) < 4.78 is 1.50. The normalized spacial score (nSPS) is 9.13. The predicted molar refractivity (Wildman–Crippen MR) is 57.7 cm³/mol. The number of aromatic nitrogens is 2. The molecule has 1 aromatic heterocycles. The third-order valence-corrected chi connectivity index (χ3v) is 1.72. The Kier molecular flexibility index (Phi) is 4.23. The summed E-state index contributed by atoms with van der Waals surface area (Å²) in [6.07, 6.45) is 2.34. The van der Waals surface area contributed by atoms with Gasteiger partial charge in [-0.2, -0.15) is 5.10 Å². The first-order valence-corrected chi connectivity index (χ1v) is 4.67. The molecule has 0 aliphatic carbocycles. The SMILES string of the molecule is CC#CCCNC(=O)Cn1ccc(N)n1. The topological polar surface area (TPSA) is 72.9 Å². The standard InChI is InChI=1S/C10H14N4O/c1-2-3-4-6-12-10(15)8-14-7-5-9(11)13-14/h5,7H,4,6,8H2,1H3,(H2,11,13)(H,12,15). The van der Waals surface area contributed by atoms with Gasteiger partial charge >= 0.3 is 0 Å². The fourth-order valence-corrected chi connectivity index (χ4v) is 1.06. The molecule has 1 heterocycles.